The lowest BCUT2D eigenvalue weighted by Crippen LogP contribution is -2.02. The third-order valence-corrected chi connectivity index (χ3v) is 2.73. The highest BCUT2D eigenvalue weighted by molar-refractivity contribution is 5.89. The molecule has 2 nitrogen and oxygen atoms in total. The molecule has 0 saturated carbocycles. The number of carbonyl (C=O) groups is 1. The molecule has 0 atom stereocenters. The number of unbranched alkanes of at least 4 members (excludes halogenated alkanes) is 1. The molecule has 0 aliphatic carbocycles. The van der Waals surface area contributed by atoms with Gasteiger partial charge in [0.25, 0.3) is 0 Å². The van der Waals surface area contributed by atoms with Crippen molar-refractivity contribution in [2.75, 3.05) is 0 Å². The molecule has 16 heavy (non-hydrogen) atoms. The Balaban J connectivity index is 2.50. The van der Waals surface area contributed by atoms with E-state index in [1.165, 1.54) is 12.8 Å². The molecular weight excluding hydrogens is 200 g/mol. The highest BCUT2D eigenvalue weighted by Crippen LogP contribution is 2.14. The van der Waals surface area contributed by atoms with Crippen LogP contribution in [0.4, 0.5) is 0 Å². The van der Waals surface area contributed by atoms with Gasteiger partial charge in [-0.3, -0.25) is 0 Å². The zero-order valence-corrected chi connectivity index (χ0v) is 10.1. The van der Waals surface area contributed by atoms with Crippen LogP contribution in [0.5, 0.6) is 0 Å². The van der Waals surface area contributed by atoms with E-state index in [0.29, 0.717) is 5.56 Å². The highest BCUT2D eigenvalue weighted by atomic mass is 16.4. The van der Waals surface area contributed by atoms with Gasteiger partial charge in [0, 0.05) is 0 Å². The van der Waals surface area contributed by atoms with Crippen molar-refractivity contribution in [2.45, 2.75) is 39.5 Å². The van der Waals surface area contributed by atoms with Crippen LogP contribution in [0, 0.1) is 5.92 Å². The lowest BCUT2D eigenvalue weighted by atomic mass is 9.99. The Morgan fingerprint density at radius 2 is 1.94 bits per heavy atom. The first-order valence-corrected chi connectivity index (χ1v) is 5.92. The molecular formula is C14H20O2. The fourth-order valence-corrected chi connectivity index (χ4v) is 1.81. The van der Waals surface area contributed by atoms with Gasteiger partial charge in [-0.2, -0.15) is 0 Å². The van der Waals surface area contributed by atoms with Crippen molar-refractivity contribution in [3.8, 4) is 0 Å². The van der Waals surface area contributed by atoms with E-state index < -0.39 is 5.97 Å². The maximum atomic E-state index is 11.0. The van der Waals surface area contributed by atoms with Crippen LogP contribution in [-0.4, -0.2) is 11.1 Å². The van der Waals surface area contributed by atoms with E-state index in [4.69, 9.17) is 5.11 Å². The average Bonchev–Trinajstić information content (AvgIpc) is 2.24. The molecule has 0 radical (unpaired) electrons. The normalized spacial score (nSPS) is 10.7. The maximum Gasteiger partial charge on any atom is 0.335 e. The number of carboxylic acid groups (broad SMARTS) is 1. The third kappa shape index (κ3) is 4.05. The Labute approximate surface area is 97.3 Å². The number of rotatable bonds is 6. The van der Waals surface area contributed by atoms with Crippen molar-refractivity contribution in [3.05, 3.63) is 35.4 Å². The van der Waals surface area contributed by atoms with Crippen LogP contribution in [0.15, 0.2) is 24.3 Å². The molecule has 0 bridgehead atoms. The number of benzene rings is 1. The minimum absolute atomic E-state index is 0.451. The molecule has 1 aromatic carbocycles. The molecule has 1 aromatic rings. The summed E-state index contributed by atoms with van der Waals surface area (Å²) in [6, 6.07) is 7.28. The van der Waals surface area contributed by atoms with Crippen LogP contribution >= 0.6 is 0 Å². The Bertz CT molecular complexity index is 342. The lowest BCUT2D eigenvalue weighted by molar-refractivity contribution is 0.0695. The van der Waals surface area contributed by atoms with Gasteiger partial charge in [0.05, 0.1) is 5.56 Å². The summed E-state index contributed by atoms with van der Waals surface area (Å²) in [5.41, 5.74) is 1.41. The van der Waals surface area contributed by atoms with E-state index in [2.05, 4.69) is 13.8 Å². The first-order chi connectivity index (χ1) is 7.61. The van der Waals surface area contributed by atoms with Crippen LogP contribution in [0.1, 0.15) is 49.0 Å². The fourth-order valence-electron chi connectivity index (χ4n) is 1.81. The monoisotopic (exact) mass is 220 g/mol. The molecule has 0 saturated heterocycles. The summed E-state index contributed by atoms with van der Waals surface area (Å²) in [6.45, 7) is 4.43. The van der Waals surface area contributed by atoms with Gasteiger partial charge in [-0.25, -0.2) is 4.79 Å². The molecule has 0 aromatic heterocycles. The molecule has 0 spiro atoms. The summed E-state index contributed by atoms with van der Waals surface area (Å²) < 4.78 is 0. The molecule has 0 aliphatic heterocycles. The first-order valence-electron chi connectivity index (χ1n) is 5.92. The van der Waals surface area contributed by atoms with Crippen LogP contribution in [0.25, 0.3) is 0 Å². The minimum Gasteiger partial charge on any atom is -0.478 e. The quantitative estimate of drug-likeness (QED) is 0.741. The highest BCUT2D eigenvalue weighted by Gasteiger charge is 2.08. The minimum atomic E-state index is -0.820. The molecule has 88 valence electrons. The molecule has 0 heterocycles. The van der Waals surface area contributed by atoms with Gasteiger partial charge in [0.2, 0.25) is 0 Å². The topological polar surface area (TPSA) is 37.3 Å². The third-order valence-electron chi connectivity index (χ3n) is 2.73. The summed E-state index contributed by atoms with van der Waals surface area (Å²) in [5, 5.41) is 9.01. The molecule has 0 fully saturated rings. The zero-order valence-electron chi connectivity index (χ0n) is 10.1. The van der Waals surface area contributed by atoms with E-state index in [-0.39, 0.29) is 0 Å². The molecule has 0 amide bonds. The van der Waals surface area contributed by atoms with E-state index >= 15 is 0 Å². The zero-order chi connectivity index (χ0) is 12.0. The fraction of sp³-hybridized carbons (Fsp3) is 0.500. The summed E-state index contributed by atoms with van der Waals surface area (Å²) in [7, 11) is 0. The SMILES string of the molecule is CC(C)CCCCc1ccccc1C(=O)O. The van der Waals surface area contributed by atoms with Gasteiger partial charge in [-0.1, -0.05) is 44.9 Å². The van der Waals surface area contributed by atoms with Crippen molar-refractivity contribution in [1.29, 1.82) is 0 Å². The van der Waals surface area contributed by atoms with Gasteiger partial charge >= 0.3 is 5.97 Å². The van der Waals surface area contributed by atoms with Crippen LogP contribution < -0.4 is 0 Å². The molecule has 2 heteroatoms. The van der Waals surface area contributed by atoms with Crippen molar-refractivity contribution < 1.29 is 9.90 Å². The van der Waals surface area contributed by atoms with Crippen LogP contribution in [0.3, 0.4) is 0 Å². The molecule has 0 unspecified atom stereocenters. The first kappa shape index (κ1) is 12.8. The standard InChI is InChI=1S/C14H20O2/c1-11(2)7-3-4-8-12-9-5-6-10-13(12)14(15)16/h5-6,9-11H,3-4,7-8H2,1-2H3,(H,15,16). The van der Waals surface area contributed by atoms with Gasteiger partial charge < -0.3 is 5.11 Å². The number of aryl methyl sites for hydroxylation is 1. The van der Waals surface area contributed by atoms with Crippen LogP contribution in [0.2, 0.25) is 0 Å². The molecule has 0 aliphatic rings. The second kappa shape index (κ2) is 6.31. The number of hydrogen-bond donors (Lipinski definition) is 1. The maximum absolute atomic E-state index is 11.0. The van der Waals surface area contributed by atoms with Crippen molar-refractivity contribution in [3.63, 3.8) is 0 Å². The number of hydrogen-bond acceptors (Lipinski definition) is 1. The summed E-state index contributed by atoms with van der Waals surface area (Å²) in [6.07, 6.45) is 4.33. The van der Waals surface area contributed by atoms with E-state index in [1.807, 2.05) is 12.1 Å². The van der Waals surface area contributed by atoms with E-state index in [9.17, 15) is 4.79 Å². The Kier molecular flexibility index (Phi) is 5.03. The van der Waals surface area contributed by atoms with Gasteiger partial charge in [0.15, 0.2) is 0 Å². The summed E-state index contributed by atoms with van der Waals surface area (Å²) >= 11 is 0. The largest absolute Gasteiger partial charge is 0.478 e. The van der Waals surface area contributed by atoms with Gasteiger partial charge in [-0.05, 0) is 30.4 Å². The molecule has 1 rings (SSSR count). The Morgan fingerprint density at radius 1 is 1.25 bits per heavy atom. The van der Waals surface area contributed by atoms with Crippen molar-refractivity contribution in [2.24, 2.45) is 5.92 Å². The van der Waals surface area contributed by atoms with E-state index in [1.54, 1.807) is 12.1 Å². The Hall–Kier alpha value is -1.31. The molecule has 1 N–H and O–H groups in total. The predicted molar refractivity (Wildman–Crippen MR) is 65.8 cm³/mol. The van der Waals surface area contributed by atoms with Gasteiger partial charge in [0.1, 0.15) is 0 Å². The summed E-state index contributed by atoms with van der Waals surface area (Å²) in [5.74, 6) is -0.0887. The van der Waals surface area contributed by atoms with Gasteiger partial charge in [-0.15, -0.1) is 0 Å². The van der Waals surface area contributed by atoms with Crippen molar-refractivity contribution in [1.82, 2.24) is 0 Å². The number of aromatic carboxylic acids is 1. The predicted octanol–water partition coefficient (Wildman–Crippen LogP) is 3.75. The smallest absolute Gasteiger partial charge is 0.335 e. The second-order valence-electron chi connectivity index (χ2n) is 4.60. The van der Waals surface area contributed by atoms with Crippen molar-refractivity contribution >= 4 is 5.97 Å². The second-order valence-corrected chi connectivity index (χ2v) is 4.60. The van der Waals surface area contributed by atoms with Crippen LogP contribution in [-0.2, 0) is 6.42 Å². The lowest BCUT2D eigenvalue weighted by Gasteiger charge is -2.07. The summed E-state index contributed by atoms with van der Waals surface area (Å²) in [4.78, 5) is 11.0. The Morgan fingerprint density at radius 3 is 2.56 bits per heavy atom. The number of carboxylic acids is 1. The average molecular weight is 220 g/mol. The van der Waals surface area contributed by atoms with E-state index in [0.717, 1.165) is 24.3 Å².